The number of benzene rings is 1. The molecule has 0 spiro atoms. The van der Waals surface area contributed by atoms with Gasteiger partial charge in [0.05, 0.1) is 21.9 Å². The summed E-state index contributed by atoms with van der Waals surface area (Å²) in [7, 11) is 0. The maximum Gasteiger partial charge on any atom is 0.279 e. The summed E-state index contributed by atoms with van der Waals surface area (Å²) in [6.07, 6.45) is 1.66. The lowest BCUT2D eigenvalue weighted by molar-refractivity contribution is -0.920. The molecule has 136 valence electrons. The summed E-state index contributed by atoms with van der Waals surface area (Å²) < 4.78 is 5.46. The predicted molar refractivity (Wildman–Crippen MR) is 106 cm³/mol. The lowest BCUT2D eigenvalue weighted by atomic mass is 10.1. The smallest absolute Gasteiger partial charge is 0.279 e. The molecule has 2 N–H and O–H groups in total. The maximum absolute atomic E-state index is 12.7. The number of nitrogens with one attached hydrogen (secondary N) is 2. The van der Waals surface area contributed by atoms with Gasteiger partial charge in [-0.25, -0.2) is 0 Å². The van der Waals surface area contributed by atoms with Crippen LogP contribution in [-0.2, 0) is 17.9 Å². The van der Waals surface area contributed by atoms with Crippen LogP contribution in [0.5, 0.6) is 0 Å². The number of rotatable bonds is 7. The first kappa shape index (κ1) is 18.7. The van der Waals surface area contributed by atoms with Gasteiger partial charge in [0.15, 0.2) is 12.3 Å². The molecule has 0 aliphatic rings. The molecule has 4 nitrogen and oxygen atoms in total. The third kappa shape index (κ3) is 4.97. The van der Waals surface area contributed by atoms with Gasteiger partial charge in [0.2, 0.25) is 0 Å². The van der Waals surface area contributed by atoms with E-state index in [1.54, 1.807) is 17.6 Å². The molecule has 0 saturated carbocycles. The Bertz CT molecular complexity index is 801. The topological polar surface area (TPSA) is 46.7 Å². The van der Waals surface area contributed by atoms with Crippen molar-refractivity contribution in [2.75, 3.05) is 11.9 Å². The predicted octanol–water partition coefficient (Wildman–Crippen LogP) is 3.84. The normalized spacial score (nSPS) is 12.1. The van der Waals surface area contributed by atoms with Crippen LogP contribution in [0.4, 0.5) is 5.69 Å². The van der Waals surface area contributed by atoms with Gasteiger partial charge in [-0.15, -0.1) is 11.3 Å². The molecule has 0 fully saturated rings. The van der Waals surface area contributed by atoms with Crippen LogP contribution in [0.1, 0.15) is 21.8 Å². The van der Waals surface area contributed by atoms with E-state index in [4.69, 9.17) is 16.0 Å². The zero-order chi connectivity index (χ0) is 18.5. The van der Waals surface area contributed by atoms with Crippen molar-refractivity contribution in [2.24, 2.45) is 0 Å². The number of hydrogen-bond donors (Lipinski definition) is 2. The zero-order valence-electron chi connectivity index (χ0n) is 14.8. The van der Waals surface area contributed by atoms with Gasteiger partial charge in [0.25, 0.3) is 5.91 Å². The minimum Gasteiger partial charge on any atom is -0.463 e. The molecule has 0 aliphatic carbocycles. The van der Waals surface area contributed by atoms with Crippen LogP contribution >= 0.6 is 22.9 Å². The first-order valence-corrected chi connectivity index (χ1v) is 9.72. The van der Waals surface area contributed by atoms with Crippen LogP contribution in [0.15, 0.2) is 52.5 Å². The van der Waals surface area contributed by atoms with Gasteiger partial charge in [-0.2, -0.15) is 0 Å². The second-order valence-electron chi connectivity index (χ2n) is 6.43. The summed E-state index contributed by atoms with van der Waals surface area (Å²) in [4.78, 5) is 15.0. The summed E-state index contributed by atoms with van der Waals surface area (Å²) in [6.45, 7) is 5.70. The molecular formula is C20H22ClN2O2S+. The van der Waals surface area contributed by atoms with Crippen LogP contribution in [0.3, 0.4) is 0 Å². The lowest BCUT2D eigenvalue weighted by Gasteiger charge is -2.18. The molecule has 1 amide bonds. The van der Waals surface area contributed by atoms with E-state index < -0.39 is 0 Å². The van der Waals surface area contributed by atoms with E-state index >= 15 is 0 Å². The summed E-state index contributed by atoms with van der Waals surface area (Å²) in [5, 5.41) is 5.60. The molecular weight excluding hydrogens is 368 g/mol. The average molecular weight is 390 g/mol. The number of hydrogen-bond acceptors (Lipinski definition) is 3. The quantitative estimate of drug-likeness (QED) is 0.645. The Morgan fingerprint density at radius 3 is 2.73 bits per heavy atom. The highest BCUT2D eigenvalue weighted by Crippen LogP contribution is 2.27. The van der Waals surface area contributed by atoms with Crippen molar-refractivity contribution in [3.63, 3.8) is 0 Å². The van der Waals surface area contributed by atoms with Crippen molar-refractivity contribution >= 4 is 34.5 Å². The van der Waals surface area contributed by atoms with Gasteiger partial charge >= 0.3 is 0 Å². The Balaban J connectivity index is 1.70. The van der Waals surface area contributed by atoms with Gasteiger partial charge < -0.3 is 14.6 Å². The highest BCUT2D eigenvalue weighted by atomic mass is 35.5. The van der Waals surface area contributed by atoms with Crippen molar-refractivity contribution in [1.29, 1.82) is 0 Å². The number of quaternary nitrogens is 1. The summed E-state index contributed by atoms with van der Waals surface area (Å²) in [6, 6.07) is 11.8. The van der Waals surface area contributed by atoms with E-state index in [2.05, 4.69) is 16.8 Å². The Morgan fingerprint density at radius 2 is 2.08 bits per heavy atom. The van der Waals surface area contributed by atoms with E-state index in [9.17, 15) is 4.79 Å². The lowest BCUT2D eigenvalue weighted by Crippen LogP contribution is -3.10. The van der Waals surface area contributed by atoms with Crippen molar-refractivity contribution in [3.05, 3.63) is 74.8 Å². The molecule has 3 rings (SSSR count). The molecule has 0 bridgehead atoms. The maximum atomic E-state index is 12.7. The van der Waals surface area contributed by atoms with Crippen molar-refractivity contribution in [3.8, 4) is 0 Å². The van der Waals surface area contributed by atoms with Gasteiger partial charge in [0.1, 0.15) is 13.1 Å². The molecule has 1 aromatic carbocycles. The number of carbonyl (C=O) groups is 1. The molecule has 2 heterocycles. The van der Waals surface area contributed by atoms with Crippen molar-refractivity contribution in [1.82, 2.24) is 0 Å². The Kier molecular flexibility index (Phi) is 6.14. The molecule has 0 radical (unpaired) electrons. The minimum absolute atomic E-state index is 0.0584. The van der Waals surface area contributed by atoms with Gasteiger partial charge in [-0.05, 0) is 54.6 Å². The van der Waals surface area contributed by atoms with E-state index in [1.165, 1.54) is 4.88 Å². The minimum atomic E-state index is -0.0584. The fourth-order valence-corrected chi connectivity index (χ4v) is 4.14. The number of thiophene rings is 1. The molecule has 0 aliphatic heterocycles. The molecule has 0 saturated heterocycles. The third-order valence-corrected chi connectivity index (χ3v) is 5.29. The number of furan rings is 1. The Labute approximate surface area is 162 Å². The van der Waals surface area contributed by atoms with E-state index in [0.717, 1.165) is 28.3 Å². The van der Waals surface area contributed by atoms with E-state index in [-0.39, 0.29) is 5.91 Å². The second-order valence-corrected chi connectivity index (χ2v) is 7.87. The largest absolute Gasteiger partial charge is 0.463 e. The standard InChI is InChI=1S/C20H21ClN2O2S/c1-14-9-15(2)20(18(21)10-14)22-19(24)13-23(11-16-5-3-7-25-16)12-17-6-4-8-26-17/h3-10H,11-13H2,1-2H3,(H,22,24)/p+1. The van der Waals surface area contributed by atoms with Crippen LogP contribution in [0.2, 0.25) is 5.02 Å². The first-order chi connectivity index (χ1) is 12.5. The number of amides is 1. The van der Waals surface area contributed by atoms with E-state index in [0.29, 0.717) is 23.8 Å². The SMILES string of the molecule is Cc1cc(C)c(NC(=O)C[NH+](Cc2ccco2)Cc2cccs2)c(Cl)c1. The molecule has 1 atom stereocenters. The number of carbonyl (C=O) groups excluding carboxylic acids is 1. The van der Waals surface area contributed by atoms with Crippen LogP contribution in [0, 0.1) is 13.8 Å². The summed E-state index contributed by atoms with van der Waals surface area (Å²) >= 11 is 8.01. The highest BCUT2D eigenvalue weighted by Gasteiger charge is 2.19. The zero-order valence-corrected chi connectivity index (χ0v) is 16.4. The van der Waals surface area contributed by atoms with Gasteiger partial charge in [-0.3, -0.25) is 4.79 Å². The van der Waals surface area contributed by atoms with Crippen LogP contribution in [-0.4, -0.2) is 12.5 Å². The van der Waals surface area contributed by atoms with Gasteiger partial charge in [0, 0.05) is 0 Å². The summed E-state index contributed by atoms with van der Waals surface area (Å²) in [5.74, 6) is 0.811. The highest BCUT2D eigenvalue weighted by molar-refractivity contribution is 7.09. The third-order valence-electron chi connectivity index (χ3n) is 4.12. The Hall–Kier alpha value is -2.08. The average Bonchev–Trinajstić information content (AvgIpc) is 3.24. The number of aryl methyl sites for hydroxylation is 2. The van der Waals surface area contributed by atoms with Crippen molar-refractivity contribution in [2.45, 2.75) is 26.9 Å². The van der Waals surface area contributed by atoms with E-state index in [1.807, 2.05) is 44.2 Å². The van der Waals surface area contributed by atoms with Crippen LogP contribution < -0.4 is 10.2 Å². The Morgan fingerprint density at radius 1 is 1.23 bits per heavy atom. The fraction of sp³-hybridized carbons (Fsp3) is 0.250. The molecule has 26 heavy (non-hydrogen) atoms. The molecule has 2 aromatic heterocycles. The van der Waals surface area contributed by atoms with Crippen LogP contribution in [0.25, 0.3) is 0 Å². The molecule has 3 aromatic rings. The summed E-state index contributed by atoms with van der Waals surface area (Å²) in [5.41, 5.74) is 2.73. The second kappa shape index (κ2) is 8.54. The van der Waals surface area contributed by atoms with Gasteiger partial charge in [-0.1, -0.05) is 23.7 Å². The number of halogens is 1. The first-order valence-electron chi connectivity index (χ1n) is 8.46. The number of anilines is 1. The molecule has 1 unspecified atom stereocenters. The molecule has 6 heteroatoms. The monoisotopic (exact) mass is 389 g/mol. The fourth-order valence-electron chi connectivity index (χ4n) is 2.99. The van der Waals surface area contributed by atoms with Crippen molar-refractivity contribution < 1.29 is 14.1 Å².